The summed E-state index contributed by atoms with van der Waals surface area (Å²) in [6.45, 7) is 8.78. The maximum absolute atomic E-state index is 12.3. The molecule has 0 fully saturated rings. The average molecular weight is 342 g/mol. The van der Waals surface area contributed by atoms with E-state index < -0.39 is 0 Å². The monoisotopic (exact) mass is 342 g/mol. The van der Waals surface area contributed by atoms with Gasteiger partial charge in [-0.2, -0.15) is 0 Å². The van der Waals surface area contributed by atoms with Crippen molar-refractivity contribution in [1.82, 2.24) is 19.7 Å². The van der Waals surface area contributed by atoms with Crippen LogP contribution in [0.5, 0.6) is 0 Å². The van der Waals surface area contributed by atoms with Gasteiger partial charge in [0.15, 0.2) is 0 Å². The topological polar surface area (TPSA) is 59.3 Å². The van der Waals surface area contributed by atoms with Crippen LogP contribution in [-0.2, 0) is 12.1 Å². The molecule has 3 aromatic rings. The first-order chi connectivity index (χ1) is 11.4. The number of fused-ring (bicyclic) bond motifs is 1. The number of aryl methyl sites for hydroxylation is 2. The summed E-state index contributed by atoms with van der Waals surface area (Å²) in [5, 5.41) is 6.67. The second-order valence-electron chi connectivity index (χ2n) is 6.30. The number of pyridine rings is 1. The molecule has 0 aliphatic rings. The highest BCUT2D eigenvalue weighted by Crippen LogP contribution is 2.27. The van der Waals surface area contributed by atoms with Gasteiger partial charge in [-0.1, -0.05) is 13.0 Å². The van der Waals surface area contributed by atoms with Gasteiger partial charge in [-0.15, -0.1) is 11.3 Å². The lowest BCUT2D eigenvalue weighted by atomic mass is 9.99. The molecule has 1 N–H and O–H groups in total. The van der Waals surface area contributed by atoms with Gasteiger partial charge in [-0.25, -0.2) is 9.97 Å². The zero-order chi connectivity index (χ0) is 17.3. The molecule has 3 heterocycles. The summed E-state index contributed by atoms with van der Waals surface area (Å²) < 4.78 is 1.59. The van der Waals surface area contributed by atoms with E-state index in [1.807, 2.05) is 26.0 Å². The summed E-state index contributed by atoms with van der Waals surface area (Å²) in [5.41, 5.74) is 3.22. The lowest BCUT2D eigenvalue weighted by Crippen LogP contribution is -2.39. The van der Waals surface area contributed by atoms with Gasteiger partial charge in [0.25, 0.3) is 5.56 Å². The second-order valence-corrected chi connectivity index (χ2v) is 7.16. The summed E-state index contributed by atoms with van der Waals surface area (Å²) in [7, 11) is 0. The number of rotatable bonds is 5. The zero-order valence-electron chi connectivity index (χ0n) is 14.5. The number of nitrogens with one attached hydrogen (secondary N) is 1. The Morgan fingerprint density at radius 1 is 1.33 bits per heavy atom. The van der Waals surface area contributed by atoms with Gasteiger partial charge in [0.2, 0.25) is 0 Å². The Morgan fingerprint density at radius 3 is 2.79 bits per heavy atom. The van der Waals surface area contributed by atoms with Crippen molar-refractivity contribution in [3.05, 3.63) is 62.1 Å². The highest BCUT2D eigenvalue weighted by Gasteiger charge is 2.27. The van der Waals surface area contributed by atoms with E-state index in [4.69, 9.17) is 0 Å². The van der Waals surface area contributed by atoms with E-state index in [1.54, 1.807) is 28.0 Å². The fourth-order valence-corrected chi connectivity index (χ4v) is 3.65. The standard InChI is InChI=1S/C18H22N4OS/c1-5-18(4,17-20-13(3)11-24-17)19-10-14-9-15(23)22-8-6-7-12(2)16(22)21-14/h6-9,11,19H,5,10H2,1-4H3. The molecule has 0 aliphatic carbocycles. The van der Waals surface area contributed by atoms with Crippen LogP contribution in [0.1, 0.15) is 42.2 Å². The minimum Gasteiger partial charge on any atom is -0.300 e. The van der Waals surface area contributed by atoms with E-state index in [2.05, 4.69) is 34.5 Å². The highest BCUT2D eigenvalue weighted by atomic mass is 32.1. The maximum Gasteiger partial charge on any atom is 0.258 e. The molecule has 5 nitrogen and oxygen atoms in total. The third-order valence-electron chi connectivity index (χ3n) is 4.40. The molecule has 0 spiro atoms. The van der Waals surface area contributed by atoms with Crippen molar-refractivity contribution < 1.29 is 0 Å². The molecular weight excluding hydrogens is 320 g/mol. The van der Waals surface area contributed by atoms with Crippen molar-refractivity contribution in [2.24, 2.45) is 0 Å². The van der Waals surface area contributed by atoms with Crippen LogP contribution in [0.2, 0.25) is 0 Å². The molecule has 126 valence electrons. The van der Waals surface area contributed by atoms with Crippen LogP contribution in [0.3, 0.4) is 0 Å². The minimum atomic E-state index is -0.225. The summed E-state index contributed by atoms with van der Waals surface area (Å²) >= 11 is 1.66. The molecule has 3 aromatic heterocycles. The van der Waals surface area contributed by atoms with Crippen LogP contribution in [0, 0.1) is 13.8 Å². The Balaban J connectivity index is 1.90. The zero-order valence-corrected chi connectivity index (χ0v) is 15.3. The SMILES string of the molecule is CCC(C)(NCc1cc(=O)n2cccc(C)c2n1)c1nc(C)cs1. The molecule has 24 heavy (non-hydrogen) atoms. The molecule has 1 atom stereocenters. The van der Waals surface area contributed by atoms with Gasteiger partial charge in [0.05, 0.1) is 11.2 Å². The average Bonchev–Trinajstić information content (AvgIpc) is 3.01. The highest BCUT2D eigenvalue weighted by molar-refractivity contribution is 7.09. The first-order valence-corrected chi connectivity index (χ1v) is 8.96. The van der Waals surface area contributed by atoms with E-state index in [9.17, 15) is 4.79 Å². The van der Waals surface area contributed by atoms with Crippen molar-refractivity contribution in [2.75, 3.05) is 0 Å². The predicted octanol–water partition coefficient (Wildman–Crippen LogP) is 3.18. The van der Waals surface area contributed by atoms with Gasteiger partial charge >= 0.3 is 0 Å². The number of thiazole rings is 1. The molecule has 0 aliphatic heterocycles. The van der Waals surface area contributed by atoms with Gasteiger partial charge in [0.1, 0.15) is 10.7 Å². The Labute approximate surface area is 145 Å². The quantitative estimate of drug-likeness (QED) is 0.774. The van der Waals surface area contributed by atoms with Crippen LogP contribution >= 0.6 is 11.3 Å². The molecule has 3 rings (SSSR count). The molecular formula is C18H22N4OS. The van der Waals surface area contributed by atoms with Crippen molar-refractivity contribution in [2.45, 2.75) is 46.2 Å². The fourth-order valence-electron chi connectivity index (χ4n) is 2.64. The number of nitrogens with zero attached hydrogens (tertiary/aromatic N) is 3. The van der Waals surface area contributed by atoms with Crippen LogP contribution in [-0.4, -0.2) is 14.4 Å². The first-order valence-electron chi connectivity index (χ1n) is 8.08. The fraction of sp³-hybridized carbons (Fsp3) is 0.389. The van der Waals surface area contributed by atoms with Gasteiger partial charge in [0, 0.05) is 29.9 Å². The maximum atomic E-state index is 12.3. The summed E-state index contributed by atoms with van der Waals surface area (Å²) in [4.78, 5) is 21.6. The number of aromatic nitrogens is 3. The van der Waals surface area contributed by atoms with E-state index in [1.165, 1.54) is 0 Å². The summed E-state index contributed by atoms with van der Waals surface area (Å²) in [5.74, 6) is 0. The molecule has 0 radical (unpaired) electrons. The van der Waals surface area contributed by atoms with E-state index >= 15 is 0 Å². The molecule has 6 heteroatoms. The Morgan fingerprint density at radius 2 is 2.12 bits per heavy atom. The van der Waals surface area contributed by atoms with Crippen molar-refractivity contribution in [3.63, 3.8) is 0 Å². The van der Waals surface area contributed by atoms with E-state index in [0.29, 0.717) is 12.2 Å². The second kappa shape index (κ2) is 6.45. The summed E-state index contributed by atoms with van der Waals surface area (Å²) in [6.07, 6.45) is 2.66. The van der Waals surface area contributed by atoms with Gasteiger partial charge in [-0.05, 0) is 38.8 Å². The molecule has 0 amide bonds. The normalized spacial score (nSPS) is 14.0. The van der Waals surface area contributed by atoms with E-state index in [-0.39, 0.29) is 11.1 Å². The van der Waals surface area contributed by atoms with Gasteiger partial charge < -0.3 is 0 Å². The largest absolute Gasteiger partial charge is 0.300 e. The van der Waals surface area contributed by atoms with Crippen molar-refractivity contribution in [1.29, 1.82) is 0 Å². The van der Waals surface area contributed by atoms with E-state index in [0.717, 1.165) is 28.4 Å². The van der Waals surface area contributed by atoms with Crippen LogP contribution in [0.15, 0.2) is 34.6 Å². The van der Waals surface area contributed by atoms with Crippen LogP contribution < -0.4 is 10.9 Å². The third-order valence-corrected chi connectivity index (χ3v) is 5.62. The summed E-state index contributed by atoms with van der Waals surface area (Å²) in [6, 6.07) is 5.43. The smallest absolute Gasteiger partial charge is 0.258 e. The Hall–Kier alpha value is -2.05. The first kappa shape index (κ1) is 16.8. The van der Waals surface area contributed by atoms with Crippen LogP contribution in [0.4, 0.5) is 0 Å². The van der Waals surface area contributed by atoms with Gasteiger partial charge in [-0.3, -0.25) is 14.5 Å². The lowest BCUT2D eigenvalue weighted by Gasteiger charge is -2.27. The van der Waals surface area contributed by atoms with Crippen LogP contribution in [0.25, 0.3) is 5.65 Å². The molecule has 0 aromatic carbocycles. The van der Waals surface area contributed by atoms with Crippen molar-refractivity contribution in [3.8, 4) is 0 Å². The predicted molar refractivity (Wildman–Crippen MR) is 97.5 cm³/mol. The Kier molecular flexibility index (Phi) is 4.51. The lowest BCUT2D eigenvalue weighted by molar-refractivity contribution is 0.347. The number of hydrogen-bond acceptors (Lipinski definition) is 5. The van der Waals surface area contributed by atoms with Crippen molar-refractivity contribution >= 4 is 17.0 Å². The third kappa shape index (κ3) is 3.12. The molecule has 0 saturated heterocycles. The number of hydrogen-bond donors (Lipinski definition) is 1. The molecule has 1 unspecified atom stereocenters. The molecule has 0 bridgehead atoms. The molecule has 0 saturated carbocycles. The Bertz CT molecular complexity index is 930. The minimum absolute atomic E-state index is 0.0520.